The third kappa shape index (κ3) is 5.05. The van der Waals surface area contributed by atoms with Gasteiger partial charge in [0.25, 0.3) is 11.5 Å². The molecular weight excluding hydrogens is 464 g/mol. The number of benzene rings is 1. The number of nitrogens with zero attached hydrogens (tertiary/aromatic N) is 5. The highest BCUT2D eigenvalue weighted by molar-refractivity contribution is 7.16. The molecule has 166 valence electrons. The molecule has 3 aromatic heterocycles. The van der Waals surface area contributed by atoms with E-state index in [4.69, 9.17) is 9.47 Å². The summed E-state index contributed by atoms with van der Waals surface area (Å²) in [5.74, 6) is 0.258. The molecule has 0 aliphatic rings. The van der Waals surface area contributed by atoms with Crippen LogP contribution in [0.3, 0.4) is 0 Å². The lowest BCUT2D eigenvalue weighted by Gasteiger charge is -2.11. The molecule has 1 N–H and O–H groups in total. The first-order valence-corrected chi connectivity index (χ1v) is 11.2. The zero-order valence-corrected chi connectivity index (χ0v) is 19.1. The molecule has 0 unspecified atom stereocenters. The van der Waals surface area contributed by atoms with Crippen molar-refractivity contribution in [2.75, 3.05) is 12.4 Å². The van der Waals surface area contributed by atoms with Crippen LogP contribution in [0, 0.1) is 18.3 Å². The van der Waals surface area contributed by atoms with E-state index >= 15 is 0 Å². The number of carbonyl (C=O) groups is 1. The van der Waals surface area contributed by atoms with Crippen molar-refractivity contribution >= 4 is 44.7 Å². The van der Waals surface area contributed by atoms with Crippen molar-refractivity contribution in [2.24, 2.45) is 0 Å². The molecule has 4 aromatic rings. The zero-order chi connectivity index (χ0) is 23.4. The number of thiazole rings is 1. The van der Waals surface area contributed by atoms with Gasteiger partial charge < -0.3 is 9.47 Å². The first kappa shape index (κ1) is 22.1. The number of rotatable bonds is 7. The van der Waals surface area contributed by atoms with Crippen LogP contribution in [-0.2, 0) is 11.4 Å². The molecule has 0 fully saturated rings. The van der Waals surface area contributed by atoms with Crippen LogP contribution in [0.1, 0.15) is 16.3 Å². The molecule has 0 saturated heterocycles. The minimum Gasteiger partial charge on any atom is -0.493 e. The number of anilines is 1. The molecule has 0 saturated carbocycles. The van der Waals surface area contributed by atoms with Gasteiger partial charge in [0.15, 0.2) is 16.6 Å². The van der Waals surface area contributed by atoms with Crippen LogP contribution < -0.4 is 20.3 Å². The number of hydrogen-bond donors (Lipinski definition) is 1. The van der Waals surface area contributed by atoms with Crippen molar-refractivity contribution in [3.05, 3.63) is 68.0 Å². The number of nitrogens with one attached hydrogen (secondary N) is 1. The fourth-order valence-corrected chi connectivity index (χ4v) is 4.13. The molecule has 0 radical (unpaired) electrons. The Bertz CT molecular complexity index is 1450. The number of aromatic nitrogens is 4. The standard InChI is InChI=1S/C21H16N6O4S2/c1-12-26-27-18(28)9-15(24-21(27)33-12)11-31-16-4-3-13(8-17(16)30-2)7-14(10-22)19(29)25-20-23-5-6-32-20/h3-9H,11H2,1-2H3,(H,23,25,29). The summed E-state index contributed by atoms with van der Waals surface area (Å²) in [6.45, 7) is 1.85. The van der Waals surface area contributed by atoms with E-state index in [1.54, 1.807) is 36.7 Å². The maximum atomic E-state index is 12.3. The lowest BCUT2D eigenvalue weighted by Crippen LogP contribution is -2.16. The molecular formula is C21H16N6O4S2. The normalized spacial score (nSPS) is 11.2. The molecule has 10 nitrogen and oxygen atoms in total. The number of methoxy groups -OCH3 is 1. The number of nitriles is 1. The second-order valence-electron chi connectivity index (χ2n) is 6.56. The predicted molar refractivity (Wildman–Crippen MR) is 124 cm³/mol. The maximum absolute atomic E-state index is 12.3. The predicted octanol–water partition coefficient (Wildman–Crippen LogP) is 3.05. The van der Waals surface area contributed by atoms with E-state index in [1.807, 2.05) is 6.07 Å². The Morgan fingerprint density at radius 3 is 2.91 bits per heavy atom. The van der Waals surface area contributed by atoms with E-state index in [2.05, 4.69) is 20.4 Å². The second-order valence-corrected chi connectivity index (χ2v) is 8.62. The minimum absolute atomic E-state index is 0.0495. The number of hydrogen-bond acceptors (Lipinski definition) is 10. The van der Waals surface area contributed by atoms with Crippen LogP contribution in [0.2, 0.25) is 0 Å². The minimum atomic E-state index is -0.558. The summed E-state index contributed by atoms with van der Waals surface area (Å²) in [5, 5.41) is 18.9. The summed E-state index contributed by atoms with van der Waals surface area (Å²) in [7, 11) is 1.48. The van der Waals surface area contributed by atoms with Gasteiger partial charge in [-0.05, 0) is 30.7 Å². The fraction of sp³-hybridized carbons (Fsp3) is 0.143. The van der Waals surface area contributed by atoms with E-state index in [0.717, 1.165) is 5.01 Å². The largest absolute Gasteiger partial charge is 0.493 e. The summed E-state index contributed by atoms with van der Waals surface area (Å²) in [6, 6.07) is 8.24. The zero-order valence-electron chi connectivity index (χ0n) is 17.4. The van der Waals surface area contributed by atoms with Crippen LogP contribution in [0.25, 0.3) is 11.0 Å². The highest BCUT2D eigenvalue weighted by Gasteiger charge is 2.13. The molecule has 0 bridgehead atoms. The smallest absolute Gasteiger partial charge is 0.275 e. The third-order valence-electron chi connectivity index (χ3n) is 4.29. The second kappa shape index (κ2) is 9.60. The molecule has 0 spiro atoms. The van der Waals surface area contributed by atoms with Crippen molar-refractivity contribution in [1.82, 2.24) is 19.6 Å². The van der Waals surface area contributed by atoms with Crippen molar-refractivity contribution in [3.8, 4) is 17.6 Å². The van der Waals surface area contributed by atoms with E-state index < -0.39 is 5.91 Å². The van der Waals surface area contributed by atoms with Gasteiger partial charge in [0.1, 0.15) is 23.3 Å². The van der Waals surface area contributed by atoms with Crippen molar-refractivity contribution in [3.63, 3.8) is 0 Å². The monoisotopic (exact) mass is 480 g/mol. The molecule has 12 heteroatoms. The number of aryl methyl sites for hydroxylation is 1. The van der Waals surface area contributed by atoms with Crippen LogP contribution in [-0.4, -0.2) is 32.6 Å². The highest BCUT2D eigenvalue weighted by atomic mass is 32.1. The Labute approximate surface area is 195 Å². The van der Waals surface area contributed by atoms with E-state index in [9.17, 15) is 14.9 Å². The average Bonchev–Trinajstić information content (AvgIpc) is 3.45. The highest BCUT2D eigenvalue weighted by Crippen LogP contribution is 2.29. The van der Waals surface area contributed by atoms with Gasteiger partial charge in [-0.2, -0.15) is 14.9 Å². The summed E-state index contributed by atoms with van der Waals surface area (Å²) >= 11 is 2.57. The number of amides is 1. The van der Waals surface area contributed by atoms with Crippen molar-refractivity contribution < 1.29 is 14.3 Å². The van der Waals surface area contributed by atoms with Crippen molar-refractivity contribution in [1.29, 1.82) is 5.26 Å². The van der Waals surface area contributed by atoms with Gasteiger partial charge in [-0.25, -0.2) is 9.97 Å². The van der Waals surface area contributed by atoms with Crippen LogP contribution >= 0.6 is 22.7 Å². The third-order valence-corrected chi connectivity index (χ3v) is 5.80. The molecule has 3 heterocycles. The molecule has 1 amide bonds. The van der Waals surface area contributed by atoms with E-state index in [-0.39, 0.29) is 17.7 Å². The van der Waals surface area contributed by atoms with Gasteiger partial charge in [-0.15, -0.1) is 11.3 Å². The lowest BCUT2D eigenvalue weighted by molar-refractivity contribution is -0.112. The topological polar surface area (TPSA) is 132 Å². The Morgan fingerprint density at radius 1 is 1.33 bits per heavy atom. The number of carbonyl (C=O) groups excluding carboxylic acids is 1. The molecule has 0 atom stereocenters. The van der Waals surface area contributed by atoms with Gasteiger partial charge in [0, 0.05) is 17.6 Å². The summed E-state index contributed by atoms with van der Waals surface area (Å²) in [5.41, 5.74) is 0.664. The summed E-state index contributed by atoms with van der Waals surface area (Å²) in [6.07, 6.45) is 3.00. The maximum Gasteiger partial charge on any atom is 0.275 e. The molecule has 0 aliphatic heterocycles. The molecule has 0 aliphatic carbocycles. The Morgan fingerprint density at radius 2 is 2.18 bits per heavy atom. The van der Waals surface area contributed by atoms with Crippen molar-refractivity contribution in [2.45, 2.75) is 13.5 Å². The molecule has 33 heavy (non-hydrogen) atoms. The van der Waals surface area contributed by atoms with Crippen LogP contribution in [0.5, 0.6) is 11.5 Å². The average molecular weight is 481 g/mol. The van der Waals surface area contributed by atoms with Gasteiger partial charge in [-0.1, -0.05) is 17.4 Å². The van der Waals surface area contributed by atoms with E-state index in [1.165, 1.54) is 46.4 Å². The lowest BCUT2D eigenvalue weighted by atomic mass is 10.1. The van der Waals surface area contributed by atoms with E-state index in [0.29, 0.717) is 32.8 Å². The summed E-state index contributed by atoms with van der Waals surface area (Å²) < 4.78 is 12.5. The first-order valence-electron chi connectivity index (χ1n) is 9.46. The van der Waals surface area contributed by atoms with Gasteiger partial charge in [0.2, 0.25) is 4.96 Å². The van der Waals surface area contributed by atoms with Gasteiger partial charge >= 0.3 is 0 Å². The van der Waals surface area contributed by atoms with Crippen LogP contribution in [0.15, 0.2) is 46.2 Å². The Kier molecular flexibility index (Phi) is 6.43. The summed E-state index contributed by atoms with van der Waals surface area (Å²) in [4.78, 5) is 33.4. The quantitative estimate of drug-likeness (QED) is 0.315. The first-order chi connectivity index (χ1) is 16.0. The van der Waals surface area contributed by atoms with Crippen LogP contribution in [0.4, 0.5) is 5.13 Å². The SMILES string of the molecule is COc1cc(C=C(C#N)C(=O)Nc2nccs2)ccc1OCc1cc(=O)n2nc(C)sc2n1. The molecule has 1 aromatic carbocycles. The number of ether oxygens (including phenoxy) is 2. The Hall–Kier alpha value is -4.08. The fourth-order valence-electron chi connectivity index (χ4n) is 2.84. The van der Waals surface area contributed by atoms with Gasteiger partial charge in [0.05, 0.1) is 12.8 Å². The van der Waals surface area contributed by atoms with Gasteiger partial charge in [-0.3, -0.25) is 14.9 Å². The molecule has 4 rings (SSSR count). The Balaban J connectivity index is 1.51. The number of fused-ring (bicyclic) bond motifs is 1.